The number of nitro benzene ring substituents is 1. The van der Waals surface area contributed by atoms with Crippen molar-refractivity contribution in [3.63, 3.8) is 0 Å². The smallest absolute Gasteiger partial charge is 0.269 e. The number of hydrogen-bond donors (Lipinski definition) is 1. The van der Waals surface area contributed by atoms with Crippen LogP contribution in [0.3, 0.4) is 0 Å². The lowest BCUT2D eigenvalue weighted by Gasteiger charge is -2.18. The molecule has 0 aliphatic carbocycles. The van der Waals surface area contributed by atoms with Crippen molar-refractivity contribution in [2.45, 2.75) is 25.7 Å². The Labute approximate surface area is 125 Å². The van der Waals surface area contributed by atoms with Crippen molar-refractivity contribution in [1.29, 1.82) is 0 Å². The molecule has 0 heterocycles. The Morgan fingerprint density at radius 2 is 1.38 bits per heavy atom. The first-order valence-electron chi connectivity index (χ1n) is 6.82. The molecule has 0 saturated carbocycles. The van der Waals surface area contributed by atoms with E-state index in [2.05, 4.69) is 31.8 Å². The van der Waals surface area contributed by atoms with E-state index in [-0.39, 0.29) is 5.69 Å². The van der Waals surface area contributed by atoms with E-state index in [1.54, 1.807) is 12.1 Å². The van der Waals surface area contributed by atoms with E-state index in [4.69, 9.17) is 0 Å². The molecule has 110 valence electrons. The van der Waals surface area contributed by atoms with Crippen LogP contribution in [0.1, 0.15) is 17.2 Å². The number of hydrogen-bond acceptors (Lipinski definition) is 3. The predicted molar refractivity (Wildman–Crippen MR) is 86.6 cm³/mol. The van der Waals surface area contributed by atoms with E-state index in [1.165, 1.54) is 17.3 Å². The van der Waals surface area contributed by atoms with E-state index in [0.29, 0.717) is 5.56 Å². The van der Waals surface area contributed by atoms with Gasteiger partial charge in [0.25, 0.3) is 5.69 Å². The quantitative estimate of drug-likeness (QED) is 0.536. The Morgan fingerprint density at radius 1 is 0.952 bits per heavy atom. The standard InChI is InChI=1S/C16H19NO3Si/c1-21(2,3)15-10-6-13(7-11-15)16(18)12-4-8-14(9-5-12)17(19)20/h4-11,16,18H,1-3H3. The molecule has 1 N–H and O–H groups in total. The van der Waals surface area contributed by atoms with Crippen molar-refractivity contribution in [3.8, 4) is 0 Å². The number of nitrogens with zero attached hydrogens (tertiary/aromatic N) is 1. The molecule has 0 radical (unpaired) electrons. The zero-order valence-electron chi connectivity index (χ0n) is 12.4. The van der Waals surface area contributed by atoms with Crippen LogP contribution in [-0.2, 0) is 0 Å². The van der Waals surface area contributed by atoms with E-state index in [0.717, 1.165) is 5.56 Å². The lowest BCUT2D eigenvalue weighted by Crippen LogP contribution is -2.37. The third-order valence-electron chi connectivity index (χ3n) is 3.51. The van der Waals surface area contributed by atoms with Crippen molar-refractivity contribution >= 4 is 18.9 Å². The van der Waals surface area contributed by atoms with Crippen LogP contribution in [0.5, 0.6) is 0 Å². The van der Waals surface area contributed by atoms with Crippen molar-refractivity contribution in [2.75, 3.05) is 0 Å². The minimum atomic E-state index is -1.35. The molecule has 2 aromatic rings. The Balaban J connectivity index is 2.23. The summed E-state index contributed by atoms with van der Waals surface area (Å²) in [6, 6.07) is 14.0. The van der Waals surface area contributed by atoms with Crippen LogP contribution in [0.25, 0.3) is 0 Å². The number of nitro groups is 1. The SMILES string of the molecule is C[Si](C)(C)c1ccc(C(O)c2ccc([N+](=O)[O-])cc2)cc1. The van der Waals surface area contributed by atoms with E-state index in [9.17, 15) is 15.2 Å². The number of aliphatic hydroxyl groups excluding tert-OH is 1. The van der Waals surface area contributed by atoms with Crippen molar-refractivity contribution in [2.24, 2.45) is 0 Å². The van der Waals surface area contributed by atoms with Crippen LogP contribution in [-0.4, -0.2) is 18.1 Å². The fourth-order valence-electron chi connectivity index (χ4n) is 2.14. The molecule has 0 fully saturated rings. The topological polar surface area (TPSA) is 63.4 Å². The summed E-state index contributed by atoms with van der Waals surface area (Å²) in [4.78, 5) is 10.2. The first-order chi connectivity index (χ1) is 9.79. The summed E-state index contributed by atoms with van der Waals surface area (Å²) < 4.78 is 0. The molecular formula is C16H19NO3Si. The van der Waals surface area contributed by atoms with Gasteiger partial charge in [-0.15, -0.1) is 0 Å². The molecular weight excluding hydrogens is 282 g/mol. The third-order valence-corrected chi connectivity index (χ3v) is 5.58. The largest absolute Gasteiger partial charge is 0.384 e. The highest BCUT2D eigenvalue weighted by atomic mass is 28.3. The fourth-order valence-corrected chi connectivity index (χ4v) is 3.30. The van der Waals surface area contributed by atoms with Crippen molar-refractivity contribution < 1.29 is 10.0 Å². The normalized spacial score (nSPS) is 13.0. The molecule has 0 saturated heterocycles. The Kier molecular flexibility index (Phi) is 4.25. The van der Waals surface area contributed by atoms with Gasteiger partial charge in [0.1, 0.15) is 6.10 Å². The van der Waals surface area contributed by atoms with Gasteiger partial charge in [0.15, 0.2) is 0 Å². The first-order valence-corrected chi connectivity index (χ1v) is 10.3. The maximum atomic E-state index is 10.6. The highest BCUT2D eigenvalue weighted by molar-refractivity contribution is 6.88. The van der Waals surface area contributed by atoms with Crippen molar-refractivity contribution in [1.82, 2.24) is 0 Å². The summed E-state index contributed by atoms with van der Waals surface area (Å²) in [5, 5.41) is 22.3. The average molecular weight is 301 g/mol. The maximum absolute atomic E-state index is 10.6. The van der Waals surface area contributed by atoms with Crippen LogP contribution in [0.15, 0.2) is 48.5 Å². The highest BCUT2D eigenvalue weighted by Gasteiger charge is 2.17. The van der Waals surface area contributed by atoms with Gasteiger partial charge in [0, 0.05) is 12.1 Å². The number of non-ortho nitro benzene ring substituents is 1. The van der Waals surface area contributed by atoms with Crippen LogP contribution in [0, 0.1) is 10.1 Å². The van der Waals surface area contributed by atoms with E-state index >= 15 is 0 Å². The Bertz CT molecular complexity index is 630. The minimum absolute atomic E-state index is 0.0278. The van der Waals surface area contributed by atoms with Gasteiger partial charge in [-0.2, -0.15) is 0 Å². The van der Waals surface area contributed by atoms with Gasteiger partial charge in [0.2, 0.25) is 0 Å². The monoisotopic (exact) mass is 301 g/mol. The second-order valence-corrected chi connectivity index (χ2v) is 11.2. The van der Waals surface area contributed by atoms with Crippen molar-refractivity contribution in [3.05, 3.63) is 69.8 Å². The molecule has 0 spiro atoms. The Hall–Kier alpha value is -1.98. The molecule has 0 aromatic heterocycles. The number of benzene rings is 2. The number of rotatable bonds is 4. The molecule has 0 amide bonds. The summed E-state index contributed by atoms with van der Waals surface area (Å²) in [6.45, 7) is 6.82. The van der Waals surface area contributed by atoms with Crippen LogP contribution < -0.4 is 5.19 Å². The minimum Gasteiger partial charge on any atom is -0.384 e. The zero-order chi connectivity index (χ0) is 15.6. The lowest BCUT2D eigenvalue weighted by atomic mass is 10.0. The average Bonchev–Trinajstić information content (AvgIpc) is 2.46. The summed E-state index contributed by atoms with van der Waals surface area (Å²) in [6.07, 6.45) is -0.763. The molecule has 1 unspecified atom stereocenters. The molecule has 0 aliphatic heterocycles. The lowest BCUT2D eigenvalue weighted by molar-refractivity contribution is -0.384. The molecule has 1 atom stereocenters. The molecule has 5 heteroatoms. The molecule has 4 nitrogen and oxygen atoms in total. The highest BCUT2D eigenvalue weighted by Crippen LogP contribution is 2.23. The van der Waals surface area contributed by atoms with Crippen LogP contribution in [0.4, 0.5) is 5.69 Å². The second-order valence-electron chi connectivity index (χ2n) is 6.12. The summed E-state index contributed by atoms with van der Waals surface area (Å²) in [7, 11) is -1.35. The van der Waals surface area contributed by atoms with Gasteiger partial charge in [0.05, 0.1) is 13.0 Å². The summed E-state index contributed by atoms with van der Waals surface area (Å²) >= 11 is 0. The third kappa shape index (κ3) is 3.56. The predicted octanol–water partition coefficient (Wildman–Crippen LogP) is 3.22. The van der Waals surface area contributed by atoms with Gasteiger partial charge < -0.3 is 5.11 Å². The summed E-state index contributed by atoms with van der Waals surface area (Å²) in [5.41, 5.74) is 1.48. The second kappa shape index (κ2) is 5.79. The molecule has 0 aliphatic rings. The molecule has 2 aromatic carbocycles. The maximum Gasteiger partial charge on any atom is 0.269 e. The van der Waals surface area contributed by atoms with Crippen LogP contribution >= 0.6 is 0 Å². The first kappa shape index (κ1) is 15.4. The van der Waals surface area contributed by atoms with Gasteiger partial charge in [-0.25, -0.2) is 0 Å². The van der Waals surface area contributed by atoms with Gasteiger partial charge in [-0.1, -0.05) is 49.1 Å². The molecule has 0 bridgehead atoms. The molecule has 2 rings (SSSR count). The fraction of sp³-hybridized carbons (Fsp3) is 0.250. The van der Waals surface area contributed by atoms with E-state index in [1.807, 2.05) is 12.1 Å². The molecule has 21 heavy (non-hydrogen) atoms. The van der Waals surface area contributed by atoms with Gasteiger partial charge >= 0.3 is 0 Å². The Morgan fingerprint density at radius 3 is 1.76 bits per heavy atom. The van der Waals surface area contributed by atoms with Crippen LogP contribution in [0.2, 0.25) is 19.6 Å². The summed E-state index contributed by atoms with van der Waals surface area (Å²) in [5.74, 6) is 0. The number of aliphatic hydroxyl groups is 1. The zero-order valence-corrected chi connectivity index (χ0v) is 13.4. The van der Waals surface area contributed by atoms with E-state index < -0.39 is 19.1 Å². The van der Waals surface area contributed by atoms with Gasteiger partial charge in [-0.05, 0) is 23.3 Å². The van der Waals surface area contributed by atoms with Gasteiger partial charge in [-0.3, -0.25) is 10.1 Å².